The molecule has 0 amide bonds. The van der Waals surface area contributed by atoms with E-state index in [1.807, 2.05) is 0 Å². The maximum Gasteiger partial charge on any atom is 0.0451 e. The van der Waals surface area contributed by atoms with E-state index in [9.17, 15) is 9.90 Å². The summed E-state index contributed by atoms with van der Waals surface area (Å²) in [4.78, 5) is 9.42. The molecule has 0 heterocycles. The molecule has 0 saturated heterocycles. The monoisotopic (exact) mass is 147 g/mol. The second kappa shape index (κ2) is 10.3. The molecule has 0 aliphatic carbocycles. The molecule has 0 rings (SSSR count). The lowest BCUT2D eigenvalue weighted by atomic mass is 10.4. The van der Waals surface area contributed by atoms with Gasteiger partial charge in [-0.15, -0.1) is 6.58 Å². The van der Waals surface area contributed by atoms with Gasteiger partial charge in [0.2, 0.25) is 0 Å². The van der Waals surface area contributed by atoms with Gasteiger partial charge >= 0.3 is 0 Å². The van der Waals surface area contributed by atoms with Gasteiger partial charge in [0.25, 0.3) is 0 Å². The van der Waals surface area contributed by atoms with Crippen LogP contribution in [0, 0.1) is 0 Å². The number of carboxylic acid groups (broad SMARTS) is 1. The van der Waals surface area contributed by atoms with E-state index in [1.54, 1.807) is 0 Å². The average Bonchev–Trinajstić information content (AvgIpc) is 1.67. The maximum absolute atomic E-state index is 9.42. The first-order chi connectivity index (χ1) is 4.18. The Bertz CT molecular complexity index is 99.2. The van der Waals surface area contributed by atoms with E-state index in [2.05, 4.69) is 13.2 Å². The summed E-state index contributed by atoms with van der Waals surface area (Å²) in [6.07, 6.45) is 1.23. The fraction of sp³-hybridized carbons (Fsp3) is 0.167. The van der Waals surface area contributed by atoms with Crippen LogP contribution in [-0.2, 0) is 4.79 Å². The molecule has 9 heavy (non-hydrogen) atoms. The first-order valence-corrected chi connectivity index (χ1v) is 2.64. The molecule has 0 aromatic rings. The first kappa shape index (κ1) is 11.1. The minimum atomic E-state index is -1.08. The van der Waals surface area contributed by atoms with Crippen LogP contribution in [0.2, 0.25) is 0 Å². The summed E-state index contributed by atoms with van der Waals surface area (Å²) in [6.45, 7) is 6.31. The number of carbonyl (C=O) groups excluding carboxylic acids is 1. The Morgan fingerprint density at radius 2 is 2.00 bits per heavy atom. The van der Waals surface area contributed by atoms with Crippen LogP contribution < -0.4 is 5.11 Å². The highest BCUT2D eigenvalue weighted by Crippen LogP contribution is 1.70. The Balaban J connectivity index is 0. The van der Waals surface area contributed by atoms with Crippen LogP contribution in [0.5, 0.6) is 0 Å². The highest BCUT2D eigenvalue weighted by atomic mass is 35.5. The molecule has 0 atom stereocenters. The molecule has 0 fully saturated rings. The number of hydrogen-bond acceptors (Lipinski definition) is 2. The van der Waals surface area contributed by atoms with E-state index in [4.69, 9.17) is 11.6 Å². The SMILES string of the molecule is C=CCC(=O)[O-].C=CCl. The van der Waals surface area contributed by atoms with Gasteiger partial charge < -0.3 is 9.90 Å². The first-order valence-electron chi connectivity index (χ1n) is 2.20. The Kier molecular flexibility index (Phi) is 12.7. The third kappa shape index (κ3) is 39.6. The van der Waals surface area contributed by atoms with Crippen molar-refractivity contribution in [1.29, 1.82) is 0 Å². The van der Waals surface area contributed by atoms with Crippen LogP contribution in [0.25, 0.3) is 0 Å². The molecule has 0 radical (unpaired) electrons. The van der Waals surface area contributed by atoms with Gasteiger partial charge in [0, 0.05) is 12.4 Å². The molecular weight excluding hydrogens is 140 g/mol. The molecule has 0 saturated carbocycles. The minimum Gasteiger partial charge on any atom is -0.550 e. The molecule has 2 nitrogen and oxygen atoms in total. The van der Waals surface area contributed by atoms with Crippen molar-refractivity contribution in [3.63, 3.8) is 0 Å². The molecule has 0 aromatic heterocycles. The van der Waals surface area contributed by atoms with E-state index in [0.717, 1.165) is 0 Å². The van der Waals surface area contributed by atoms with Crippen molar-refractivity contribution in [2.24, 2.45) is 0 Å². The molecule has 0 aromatic carbocycles. The number of halogens is 1. The molecule has 0 unspecified atom stereocenters. The van der Waals surface area contributed by atoms with Gasteiger partial charge in [0.15, 0.2) is 0 Å². The molecular formula is C6H8ClO2-. The third-order valence-corrected chi connectivity index (χ3v) is 0.311. The average molecular weight is 148 g/mol. The van der Waals surface area contributed by atoms with Crippen LogP contribution in [-0.4, -0.2) is 5.97 Å². The number of hydrogen-bond donors (Lipinski definition) is 0. The zero-order chi connectivity index (χ0) is 7.70. The quantitative estimate of drug-likeness (QED) is 0.539. The Morgan fingerprint density at radius 3 is 2.00 bits per heavy atom. The van der Waals surface area contributed by atoms with E-state index >= 15 is 0 Å². The molecule has 52 valence electrons. The highest BCUT2D eigenvalue weighted by Gasteiger charge is 1.69. The van der Waals surface area contributed by atoms with Crippen molar-refractivity contribution in [1.82, 2.24) is 0 Å². The van der Waals surface area contributed by atoms with Crippen LogP contribution in [0.15, 0.2) is 24.8 Å². The number of rotatable bonds is 2. The molecule has 0 aliphatic rings. The molecule has 0 bridgehead atoms. The van der Waals surface area contributed by atoms with Gasteiger partial charge in [-0.05, 0) is 5.54 Å². The normalized spacial score (nSPS) is 6.33. The fourth-order valence-corrected chi connectivity index (χ4v) is 0.118. The van der Waals surface area contributed by atoms with Crippen molar-refractivity contribution in [3.05, 3.63) is 24.8 Å². The van der Waals surface area contributed by atoms with Crippen LogP contribution in [0.1, 0.15) is 6.42 Å². The highest BCUT2D eigenvalue weighted by molar-refractivity contribution is 6.25. The summed E-state index contributed by atoms with van der Waals surface area (Å²) in [5, 5.41) is 9.42. The smallest absolute Gasteiger partial charge is 0.0451 e. The Hall–Kier alpha value is -0.760. The third-order valence-electron chi connectivity index (χ3n) is 0.311. The van der Waals surface area contributed by atoms with E-state index < -0.39 is 5.97 Å². The molecule has 0 spiro atoms. The van der Waals surface area contributed by atoms with Crippen LogP contribution >= 0.6 is 11.6 Å². The largest absolute Gasteiger partial charge is 0.550 e. The minimum absolute atomic E-state index is 0.0556. The predicted molar refractivity (Wildman–Crippen MR) is 35.9 cm³/mol. The molecule has 3 heteroatoms. The zero-order valence-corrected chi connectivity index (χ0v) is 5.73. The van der Waals surface area contributed by atoms with Crippen LogP contribution in [0.4, 0.5) is 0 Å². The van der Waals surface area contributed by atoms with Crippen molar-refractivity contribution in [2.75, 3.05) is 0 Å². The number of carbonyl (C=O) groups is 1. The summed E-state index contributed by atoms with van der Waals surface area (Å²) in [5.74, 6) is -1.08. The van der Waals surface area contributed by atoms with Gasteiger partial charge in [0.05, 0.1) is 0 Å². The summed E-state index contributed by atoms with van der Waals surface area (Å²) in [5.41, 5.74) is 1.22. The van der Waals surface area contributed by atoms with Crippen molar-refractivity contribution >= 4 is 17.6 Å². The van der Waals surface area contributed by atoms with Gasteiger partial charge in [-0.2, -0.15) is 0 Å². The second-order valence-corrected chi connectivity index (χ2v) is 1.33. The summed E-state index contributed by atoms with van der Waals surface area (Å²) in [6, 6.07) is 0. The fourth-order valence-electron chi connectivity index (χ4n) is 0.118. The number of carboxylic acids is 1. The van der Waals surface area contributed by atoms with Gasteiger partial charge in [0.1, 0.15) is 0 Å². The summed E-state index contributed by atoms with van der Waals surface area (Å²) in [7, 11) is 0. The lowest BCUT2D eigenvalue weighted by Crippen LogP contribution is -2.20. The van der Waals surface area contributed by atoms with Gasteiger partial charge in [-0.1, -0.05) is 24.3 Å². The lowest BCUT2D eigenvalue weighted by molar-refractivity contribution is -0.304. The van der Waals surface area contributed by atoms with Gasteiger partial charge in [-0.25, -0.2) is 0 Å². The standard InChI is InChI=1S/C4H6O2.C2H3Cl/c1-2-3-4(5)6;1-2-3/h2H,1,3H2,(H,5,6);2H,1H2/p-1. The van der Waals surface area contributed by atoms with Crippen molar-refractivity contribution < 1.29 is 9.90 Å². The molecule has 0 N–H and O–H groups in total. The van der Waals surface area contributed by atoms with Crippen LogP contribution in [0.3, 0.4) is 0 Å². The topological polar surface area (TPSA) is 40.1 Å². The van der Waals surface area contributed by atoms with Crippen molar-refractivity contribution in [2.45, 2.75) is 6.42 Å². The second-order valence-electron chi connectivity index (χ2n) is 1.02. The zero-order valence-electron chi connectivity index (χ0n) is 4.97. The van der Waals surface area contributed by atoms with E-state index in [0.29, 0.717) is 0 Å². The number of aliphatic carboxylic acids is 1. The molecule has 0 aliphatic heterocycles. The predicted octanol–water partition coefficient (Wildman–Crippen LogP) is 0.681. The van der Waals surface area contributed by atoms with E-state index in [-0.39, 0.29) is 6.42 Å². The summed E-state index contributed by atoms with van der Waals surface area (Å²) < 4.78 is 0. The van der Waals surface area contributed by atoms with E-state index in [1.165, 1.54) is 11.6 Å². The van der Waals surface area contributed by atoms with Gasteiger partial charge in [-0.3, -0.25) is 0 Å². The lowest BCUT2D eigenvalue weighted by Gasteiger charge is -1.89. The summed E-state index contributed by atoms with van der Waals surface area (Å²) >= 11 is 4.76. The van der Waals surface area contributed by atoms with Crippen molar-refractivity contribution in [3.8, 4) is 0 Å². The Morgan fingerprint density at radius 1 is 1.67 bits per heavy atom. The Labute approximate surface area is 59.4 Å². The maximum atomic E-state index is 9.42.